The van der Waals surface area contributed by atoms with E-state index in [4.69, 9.17) is 16.3 Å². The van der Waals surface area contributed by atoms with Crippen LogP contribution in [0.15, 0.2) is 66.7 Å². The molecule has 2 N–H and O–H groups in total. The van der Waals surface area contributed by atoms with Crippen LogP contribution >= 0.6 is 11.6 Å². The minimum Gasteiger partial charge on any atom is -0.489 e. The highest BCUT2D eigenvalue weighted by molar-refractivity contribution is 6.33. The van der Waals surface area contributed by atoms with Gasteiger partial charge in [-0.25, -0.2) is 4.79 Å². The first-order valence-corrected chi connectivity index (χ1v) is 8.93. The Labute approximate surface area is 163 Å². The molecular formula is C22H20ClNO3. The summed E-state index contributed by atoms with van der Waals surface area (Å²) in [6, 6.07) is 20.9. The Hall–Kier alpha value is -2.98. The molecule has 0 heterocycles. The Morgan fingerprint density at radius 1 is 1.07 bits per heavy atom. The molecule has 0 unspecified atom stereocenters. The number of carbonyl (C=O) groups is 1. The maximum Gasteiger partial charge on any atom is 0.337 e. The van der Waals surface area contributed by atoms with Crippen LogP contribution in [0.5, 0.6) is 5.75 Å². The Kier molecular flexibility index (Phi) is 5.99. The van der Waals surface area contributed by atoms with Crippen molar-refractivity contribution in [1.82, 2.24) is 0 Å². The normalized spacial score (nSPS) is 10.4. The summed E-state index contributed by atoms with van der Waals surface area (Å²) < 4.78 is 5.98. The summed E-state index contributed by atoms with van der Waals surface area (Å²) in [6.45, 7) is 3.05. The number of aromatic carboxylic acids is 1. The Morgan fingerprint density at radius 2 is 1.81 bits per heavy atom. The number of ether oxygens (including phenoxy) is 1. The van der Waals surface area contributed by atoms with Crippen LogP contribution in [-0.2, 0) is 13.2 Å². The number of benzene rings is 3. The third kappa shape index (κ3) is 5.02. The number of rotatable bonds is 7. The average Bonchev–Trinajstić information content (AvgIpc) is 2.67. The number of hydrogen-bond donors (Lipinski definition) is 2. The van der Waals surface area contributed by atoms with Crippen LogP contribution in [0.25, 0.3) is 0 Å². The van der Waals surface area contributed by atoms with Gasteiger partial charge >= 0.3 is 5.97 Å². The van der Waals surface area contributed by atoms with Gasteiger partial charge in [0.2, 0.25) is 0 Å². The van der Waals surface area contributed by atoms with Gasteiger partial charge in [-0.3, -0.25) is 0 Å². The lowest BCUT2D eigenvalue weighted by molar-refractivity contribution is 0.0697. The Balaban J connectivity index is 1.68. The highest BCUT2D eigenvalue weighted by Crippen LogP contribution is 2.24. The van der Waals surface area contributed by atoms with Crippen molar-refractivity contribution in [3.63, 3.8) is 0 Å². The van der Waals surface area contributed by atoms with Gasteiger partial charge in [-0.15, -0.1) is 0 Å². The molecule has 3 rings (SSSR count). The van der Waals surface area contributed by atoms with Gasteiger partial charge in [0, 0.05) is 17.8 Å². The summed E-state index contributed by atoms with van der Waals surface area (Å²) in [5.41, 5.74) is 4.06. The second kappa shape index (κ2) is 8.60. The molecule has 27 heavy (non-hydrogen) atoms. The fourth-order valence-electron chi connectivity index (χ4n) is 2.63. The fraction of sp³-hybridized carbons (Fsp3) is 0.136. The van der Waals surface area contributed by atoms with Crippen molar-refractivity contribution in [2.45, 2.75) is 20.1 Å². The molecule has 4 nitrogen and oxygen atoms in total. The van der Waals surface area contributed by atoms with Crippen LogP contribution < -0.4 is 10.1 Å². The first-order chi connectivity index (χ1) is 13.0. The zero-order chi connectivity index (χ0) is 19.2. The SMILES string of the molecule is Cc1ccc(COc2ccccc2CNc2ccc(Cl)c(C(=O)O)c2)cc1. The van der Waals surface area contributed by atoms with E-state index in [1.807, 2.05) is 24.3 Å². The second-order valence-corrected chi connectivity index (χ2v) is 6.64. The van der Waals surface area contributed by atoms with Crippen molar-refractivity contribution in [3.05, 3.63) is 94.0 Å². The van der Waals surface area contributed by atoms with Gasteiger partial charge in [0.25, 0.3) is 0 Å². The molecule has 0 saturated carbocycles. The number of carboxylic acids is 1. The summed E-state index contributed by atoms with van der Waals surface area (Å²) in [5.74, 6) is -0.261. The monoisotopic (exact) mass is 381 g/mol. The van der Waals surface area contributed by atoms with E-state index in [2.05, 4.69) is 36.5 Å². The van der Waals surface area contributed by atoms with Crippen molar-refractivity contribution in [3.8, 4) is 5.75 Å². The molecular weight excluding hydrogens is 362 g/mol. The molecule has 0 aromatic heterocycles. The van der Waals surface area contributed by atoms with Crippen LogP contribution in [0.1, 0.15) is 27.0 Å². The third-order valence-corrected chi connectivity index (χ3v) is 4.50. The minimum absolute atomic E-state index is 0.0746. The van der Waals surface area contributed by atoms with Gasteiger partial charge in [0.1, 0.15) is 12.4 Å². The van der Waals surface area contributed by atoms with Crippen molar-refractivity contribution in [2.75, 3.05) is 5.32 Å². The number of para-hydroxylation sites is 1. The molecule has 0 spiro atoms. The maximum atomic E-state index is 11.2. The molecule has 0 amide bonds. The van der Waals surface area contributed by atoms with Gasteiger partial charge in [0.05, 0.1) is 10.6 Å². The average molecular weight is 382 g/mol. The van der Waals surface area contributed by atoms with Crippen LogP contribution in [-0.4, -0.2) is 11.1 Å². The maximum absolute atomic E-state index is 11.2. The first kappa shape index (κ1) is 18.8. The van der Waals surface area contributed by atoms with E-state index in [9.17, 15) is 9.90 Å². The predicted octanol–water partition coefficient (Wildman–Crippen LogP) is 5.54. The highest BCUT2D eigenvalue weighted by atomic mass is 35.5. The van der Waals surface area contributed by atoms with Crippen LogP contribution in [0.2, 0.25) is 5.02 Å². The summed E-state index contributed by atoms with van der Waals surface area (Å²) in [6.07, 6.45) is 0. The lowest BCUT2D eigenvalue weighted by Gasteiger charge is -2.13. The standard InChI is InChI=1S/C22H20ClNO3/c1-15-6-8-16(9-7-15)14-27-21-5-3-2-4-17(21)13-24-18-10-11-20(23)19(12-18)22(25)26/h2-12,24H,13-14H2,1H3,(H,25,26). The van der Waals surface area contributed by atoms with E-state index >= 15 is 0 Å². The molecule has 0 radical (unpaired) electrons. The fourth-order valence-corrected chi connectivity index (χ4v) is 2.83. The largest absolute Gasteiger partial charge is 0.489 e. The predicted molar refractivity (Wildman–Crippen MR) is 108 cm³/mol. The molecule has 3 aromatic rings. The summed E-state index contributed by atoms with van der Waals surface area (Å²) in [5, 5.41) is 12.6. The number of halogens is 1. The van der Waals surface area contributed by atoms with Crippen molar-refractivity contribution < 1.29 is 14.6 Å². The summed E-state index contributed by atoms with van der Waals surface area (Å²) in [7, 11) is 0. The van der Waals surface area contributed by atoms with Gasteiger partial charge in [-0.05, 0) is 36.8 Å². The van der Waals surface area contributed by atoms with E-state index in [1.54, 1.807) is 12.1 Å². The van der Waals surface area contributed by atoms with Crippen molar-refractivity contribution >= 4 is 23.3 Å². The number of carboxylic acid groups (broad SMARTS) is 1. The summed E-state index contributed by atoms with van der Waals surface area (Å²) in [4.78, 5) is 11.2. The molecule has 0 bridgehead atoms. The van der Waals surface area contributed by atoms with Gasteiger partial charge in [-0.1, -0.05) is 59.6 Å². The van der Waals surface area contributed by atoms with E-state index < -0.39 is 5.97 Å². The molecule has 3 aromatic carbocycles. The molecule has 0 aliphatic heterocycles. The number of aryl methyl sites for hydroxylation is 1. The summed E-state index contributed by atoms with van der Waals surface area (Å²) >= 11 is 5.91. The van der Waals surface area contributed by atoms with E-state index in [0.29, 0.717) is 18.8 Å². The minimum atomic E-state index is -1.05. The smallest absolute Gasteiger partial charge is 0.337 e. The van der Waals surface area contributed by atoms with E-state index in [0.717, 1.165) is 16.9 Å². The van der Waals surface area contributed by atoms with Gasteiger partial charge in [-0.2, -0.15) is 0 Å². The van der Waals surface area contributed by atoms with E-state index in [1.165, 1.54) is 11.6 Å². The first-order valence-electron chi connectivity index (χ1n) is 8.56. The Morgan fingerprint density at radius 3 is 2.56 bits per heavy atom. The Bertz CT molecular complexity index is 939. The number of nitrogens with one attached hydrogen (secondary N) is 1. The zero-order valence-electron chi connectivity index (χ0n) is 14.9. The van der Waals surface area contributed by atoms with Crippen LogP contribution in [0, 0.1) is 6.92 Å². The van der Waals surface area contributed by atoms with Crippen molar-refractivity contribution in [1.29, 1.82) is 0 Å². The molecule has 0 aliphatic carbocycles. The molecule has 5 heteroatoms. The highest BCUT2D eigenvalue weighted by Gasteiger charge is 2.10. The van der Waals surface area contributed by atoms with Gasteiger partial charge < -0.3 is 15.2 Å². The zero-order valence-corrected chi connectivity index (χ0v) is 15.7. The third-order valence-electron chi connectivity index (χ3n) is 4.17. The number of hydrogen-bond acceptors (Lipinski definition) is 3. The van der Waals surface area contributed by atoms with Crippen molar-refractivity contribution in [2.24, 2.45) is 0 Å². The molecule has 0 saturated heterocycles. The topological polar surface area (TPSA) is 58.6 Å². The quantitative estimate of drug-likeness (QED) is 0.564. The lowest BCUT2D eigenvalue weighted by Crippen LogP contribution is -2.05. The molecule has 0 atom stereocenters. The lowest BCUT2D eigenvalue weighted by atomic mass is 10.1. The molecule has 0 fully saturated rings. The second-order valence-electron chi connectivity index (χ2n) is 6.24. The van der Waals surface area contributed by atoms with Gasteiger partial charge in [0.15, 0.2) is 0 Å². The van der Waals surface area contributed by atoms with Crippen LogP contribution in [0.4, 0.5) is 5.69 Å². The molecule has 0 aliphatic rings. The van der Waals surface area contributed by atoms with E-state index in [-0.39, 0.29) is 10.6 Å². The molecule has 138 valence electrons. The van der Waals surface area contributed by atoms with Crippen LogP contribution in [0.3, 0.4) is 0 Å². The number of anilines is 1.